The van der Waals surface area contributed by atoms with Crippen molar-refractivity contribution < 1.29 is 29.9 Å². The van der Waals surface area contributed by atoms with E-state index in [4.69, 9.17) is 26.1 Å². The highest BCUT2D eigenvalue weighted by Crippen LogP contribution is 2.19. The van der Waals surface area contributed by atoms with Crippen LogP contribution in [0.5, 0.6) is 0 Å². The average molecular weight is 218 g/mol. The maximum Gasteiger partial charge on any atom is 0.184 e. The molecule has 6 heteroatoms. The number of rotatable bonds is 3. The van der Waals surface area contributed by atoms with Gasteiger partial charge in [0.1, 0.15) is 31.0 Å². The van der Waals surface area contributed by atoms with E-state index in [0.29, 0.717) is 0 Å². The van der Waals surface area contributed by atoms with Crippen LogP contribution in [-0.2, 0) is 9.47 Å². The second kappa shape index (κ2) is 5.42. The van der Waals surface area contributed by atoms with Gasteiger partial charge in [0.05, 0.1) is 6.61 Å². The fraction of sp³-hybridized carbons (Fsp3) is 0.778. The lowest BCUT2D eigenvalue weighted by molar-refractivity contribution is -0.288. The molecule has 1 aliphatic rings. The molecule has 5 atom stereocenters. The lowest BCUT2D eigenvalue weighted by atomic mass is 9.99. The third-order valence-electron chi connectivity index (χ3n) is 2.15. The van der Waals surface area contributed by atoms with Crippen LogP contribution in [0.15, 0.2) is 0 Å². The van der Waals surface area contributed by atoms with Crippen LogP contribution in [0, 0.1) is 12.3 Å². The van der Waals surface area contributed by atoms with Gasteiger partial charge < -0.3 is 29.9 Å². The van der Waals surface area contributed by atoms with E-state index >= 15 is 0 Å². The first-order valence-electron chi connectivity index (χ1n) is 4.47. The zero-order chi connectivity index (χ0) is 11.4. The first-order valence-corrected chi connectivity index (χ1v) is 4.47. The fourth-order valence-electron chi connectivity index (χ4n) is 1.30. The summed E-state index contributed by atoms with van der Waals surface area (Å²) in [5.41, 5.74) is 0. The third-order valence-corrected chi connectivity index (χ3v) is 2.15. The van der Waals surface area contributed by atoms with Crippen LogP contribution >= 0.6 is 0 Å². The van der Waals surface area contributed by atoms with E-state index in [1.54, 1.807) is 0 Å². The fourth-order valence-corrected chi connectivity index (χ4v) is 1.30. The molecular weight excluding hydrogens is 204 g/mol. The lowest BCUT2D eigenvalue weighted by Crippen LogP contribution is -2.58. The molecule has 0 aromatic rings. The van der Waals surface area contributed by atoms with Crippen LogP contribution in [0.1, 0.15) is 0 Å². The lowest BCUT2D eigenvalue weighted by Gasteiger charge is -2.38. The molecule has 1 heterocycles. The minimum absolute atomic E-state index is 0.0430. The van der Waals surface area contributed by atoms with E-state index in [1.807, 2.05) is 0 Å². The number of hydrogen-bond donors (Lipinski definition) is 4. The van der Waals surface area contributed by atoms with Gasteiger partial charge in [-0.05, 0) is 0 Å². The molecule has 0 aliphatic carbocycles. The second-order valence-corrected chi connectivity index (χ2v) is 3.26. The van der Waals surface area contributed by atoms with Crippen LogP contribution in [0.3, 0.4) is 0 Å². The van der Waals surface area contributed by atoms with Crippen molar-refractivity contribution in [2.45, 2.75) is 30.7 Å². The average Bonchev–Trinajstić information content (AvgIpc) is 2.23. The van der Waals surface area contributed by atoms with Crippen LogP contribution < -0.4 is 0 Å². The van der Waals surface area contributed by atoms with Gasteiger partial charge in [-0.25, -0.2) is 0 Å². The van der Waals surface area contributed by atoms with Crippen molar-refractivity contribution in [3.8, 4) is 12.3 Å². The zero-order valence-corrected chi connectivity index (χ0v) is 7.98. The summed E-state index contributed by atoms with van der Waals surface area (Å²) < 4.78 is 9.73. The van der Waals surface area contributed by atoms with Crippen LogP contribution in [0.25, 0.3) is 0 Å². The monoisotopic (exact) mass is 218 g/mol. The van der Waals surface area contributed by atoms with Crippen molar-refractivity contribution in [2.75, 3.05) is 13.2 Å². The van der Waals surface area contributed by atoms with E-state index in [1.165, 1.54) is 0 Å². The van der Waals surface area contributed by atoms with E-state index < -0.39 is 30.7 Å². The van der Waals surface area contributed by atoms with Crippen LogP contribution in [0.2, 0.25) is 0 Å². The smallest absolute Gasteiger partial charge is 0.184 e. The molecule has 0 saturated carbocycles. The van der Waals surface area contributed by atoms with Gasteiger partial charge in [0.25, 0.3) is 0 Å². The second-order valence-electron chi connectivity index (χ2n) is 3.26. The Morgan fingerprint density at radius 1 is 1.13 bits per heavy atom. The van der Waals surface area contributed by atoms with Crippen molar-refractivity contribution in [3.05, 3.63) is 0 Å². The van der Waals surface area contributed by atoms with Gasteiger partial charge in [-0.3, -0.25) is 0 Å². The number of aliphatic hydroxyl groups excluding tert-OH is 4. The quantitative estimate of drug-likeness (QED) is 0.307. The van der Waals surface area contributed by atoms with Crippen molar-refractivity contribution >= 4 is 0 Å². The molecule has 86 valence electrons. The molecule has 0 bridgehead atoms. The highest BCUT2D eigenvalue weighted by molar-refractivity contribution is 4.89. The predicted octanol–water partition coefficient (Wildman–Crippen LogP) is -2.56. The minimum Gasteiger partial charge on any atom is -0.387 e. The normalized spacial score (nSPS) is 41.1. The Hall–Kier alpha value is -0.680. The first kappa shape index (κ1) is 12.4. The number of aliphatic hydroxyl groups is 4. The van der Waals surface area contributed by atoms with Gasteiger partial charge in [-0.1, -0.05) is 5.92 Å². The van der Waals surface area contributed by atoms with Crippen LogP contribution in [0.4, 0.5) is 0 Å². The summed E-state index contributed by atoms with van der Waals surface area (Å²) in [6.07, 6.45) is -1.82. The van der Waals surface area contributed by atoms with Crippen molar-refractivity contribution in [3.63, 3.8) is 0 Å². The highest BCUT2D eigenvalue weighted by atomic mass is 16.6. The Kier molecular flexibility index (Phi) is 4.47. The summed E-state index contributed by atoms with van der Waals surface area (Å²) >= 11 is 0. The van der Waals surface area contributed by atoms with E-state index in [2.05, 4.69) is 5.92 Å². The first-order chi connectivity index (χ1) is 7.07. The maximum atomic E-state index is 9.45. The molecule has 1 saturated heterocycles. The van der Waals surface area contributed by atoms with Gasteiger partial charge in [0, 0.05) is 0 Å². The van der Waals surface area contributed by atoms with Gasteiger partial charge in [-0.2, -0.15) is 0 Å². The molecule has 0 aromatic heterocycles. The summed E-state index contributed by atoms with van der Waals surface area (Å²) in [5, 5.41) is 37.1. The maximum absolute atomic E-state index is 9.45. The molecule has 15 heavy (non-hydrogen) atoms. The van der Waals surface area contributed by atoms with Gasteiger partial charge >= 0.3 is 0 Å². The molecule has 1 aliphatic heterocycles. The Morgan fingerprint density at radius 3 is 2.40 bits per heavy atom. The Morgan fingerprint density at radius 2 is 1.80 bits per heavy atom. The third kappa shape index (κ3) is 2.89. The molecular formula is C9H14O6. The highest BCUT2D eigenvalue weighted by Gasteiger charge is 2.42. The molecule has 1 rings (SSSR count). The molecule has 0 radical (unpaired) electrons. The predicted molar refractivity (Wildman–Crippen MR) is 48.6 cm³/mol. The molecule has 1 unspecified atom stereocenters. The molecule has 6 nitrogen and oxygen atoms in total. The minimum atomic E-state index is -1.54. The topological polar surface area (TPSA) is 99.4 Å². The summed E-state index contributed by atoms with van der Waals surface area (Å²) in [6, 6.07) is 0. The van der Waals surface area contributed by atoms with E-state index in [9.17, 15) is 10.2 Å². The SMILES string of the molecule is C#CCOC[C@H]1OC(O)[C@H](O)[C@@H](O)[C@@H]1O. The standard InChI is InChI=1S/C9H14O6/c1-2-3-14-4-5-6(10)7(11)8(12)9(13)15-5/h1,5-13H,3-4H2/t5-,6-,7+,8-,9?/m1/s1. The Balaban J connectivity index is 2.48. The summed E-state index contributed by atoms with van der Waals surface area (Å²) in [7, 11) is 0. The molecule has 0 aromatic carbocycles. The van der Waals surface area contributed by atoms with Gasteiger partial charge in [0.15, 0.2) is 6.29 Å². The zero-order valence-electron chi connectivity index (χ0n) is 7.98. The summed E-state index contributed by atoms with van der Waals surface area (Å²) in [4.78, 5) is 0. The van der Waals surface area contributed by atoms with Crippen molar-refractivity contribution in [1.29, 1.82) is 0 Å². The number of hydrogen-bond acceptors (Lipinski definition) is 6. The molecule has 4 N–H and O–H groups in total. The van der Waals surface area contributed by atoms with Crippen LogP contribution in [-0.4, -0.2) is 64.3 Å². The van der Waals surface area contributed by atoms with Gasteiger partial charge in [-0.15, -0.1) is 6.42 Å². The van der Waals surface area contributed by atoms with Gasteiger partial charge in [0.2, 0.25) is 0 Å². The molecule has 0 spiro atoms. The van der Waals surface area contributed by atoms with Crippen molar-refractivity contribution in [1.82, 2.24) is 0 Å². The van der Waals surface area contributed by atoms with E-state index in [0.717, 1.165) is 0 Å². The number of ether oxygens (including phenoxy) is 2. The van der Waals surface area contributed by atoms with Crippen molar-refractivity contribution in [2.24, 2.45) is 0 Å². The largest absolute Gasteiger partial charge is 0.387 e. The van der Waals surface area contributed by atoms with E-state index in [-0.39, 0.29) is 13.2 Å². The molecule has 0 amide bonds. The Bertz CT molecular complexity index is 237. The molecule has 1 fully saturated rings. The summed E-state index contributed by atoms with van der Waals surface area (Å²) in [5.74, 6) is 2.22. The number of terminal acetylenes is 1. The Labute approximate surface area is 87.1 Å². The summed E-state index contributed by atoms with van der Waals surface area (Å²) in [6.45, 7) is -0.0203.